The number of aromatic amines is 1. The molecule has 0 unspecified atom stereocenters. The Morgan fingerprint density at radius 2 is 2.00 bits per heavy atom. The SMILES string of the molecule is COc1ccc(CN2CCC(c3cc[nH]c(=O)c3)CC2)c(C)c1. The van der Waals surface area contributed by atoms with Gasteiger partial charge in [0.2, 0.25) is 5.56 Å². The second kappa shape index (κ2) is 7.01. The van der Waals surface area contributed by atoms with E-state index >= 15 is 0 Å². The Labute approximate surface area is 137 Å². The smallest absolute Gasteiger partial charge is 0.248 e. The van der Waals surface area contributed by atoms with Gasteiger partial charge in [-0.25, -0.2) is 0 Å². The van der Waals surface area contributed by atoms with Crippen LogP contribution < -0.4 is 10.3 Å². The predicted molar refractivity (Wildman–Crippen MR) is 92.0 cm³/mol. The largest absolute Gasteiger partial charge is 0.497 e. The number of aryl methyl sites for hydroxylation is 1. The molecule has 0 radical (unpaired) electrons. The first kappa shape index (κ1) is 15.8. The summed E-state index contributed by atoms with van der Waals surface area (Å²) in [4.78, 5) is 16.6. The van der Waals surface area contributed by atoms with E-state index in [1.165, 1.54) is 16.7 Å². The highest BCUT2D eigenvalue weighted by Gasteiger charge is 2.21. The molecule has 122 valence electrons. The van der Waals surface area contributed by atoms with Crippen LogP contribution in [0.4, 0.5) is 0 Å². The van der Waals surface area contributed by atoms with E-state index < -0.39 is 0 Å². The molecule has 0 amide bonds. The average molecular weight is 312 g/mol. The third kappa shape index (κ3) is 3.82. The van der Waals surface area contributed by atoms with Crippen LogP contribution in [0.15, 0.2) is 41.3 Å². The number of hydrogen-bond donors (Lipinski definition) is 1. The molecule has 1 aliphatic rings. The maximum Gasteiger partial charge on any atom is 0.248 e. The third-order valence-corrected chi connectivity index (χ3v) is 4.80. The number of benzene rings is 1. The second-order valence-electron chi connectivity index (χ2n) is 6.33. The molecule has 0 atom stereocenters. The maximum absolute atomic E-state index is 11.5. The summed E-state index contributed by atoms with van der Waals surface area (Å²) in [5, 5.41) is 0. The first-order valence-electron chi connectivity index (χ1n) is 8.20. The van der Waals surface area contributed by atoms with Gasteiger partial charge in [-0.1, -0.05) is 6.07 Å². The zero-order chi connectivity index (χ0) is 16.2. The highest BCUT2D eigenvalue weighted by molar-refractivity contribution is 5.34. The van der Waals surface area contributed by atoms with Crippen LogP contribution >= 0.6 is 0 Å². The van der Waals surface area contributed by atoms with E-state index in [1.54, 1.807) is 19.4 Å². The topological polar surface area (TPSA) is 45.3 Å². The molecule has 23 heavy (non-hydrogen) atoms. The monoisotopic (exact) mass is 312 g/mol. The van der Waals surface area contributed by atoms with Gasteiger partial charge < -0.3 is 9.72 Å². The summed E-state index contributed by atoms with van der Waals surface area (Å²) in [5.74, 6) is 1.42. The molecular formula is C19H24N2O2. The second-order valence-corrected chi connectivity index (χ2v) is 6.33. The number of rotatable bonds is 4. The van der Waals surface area contributed by atoms with Gasteiger partial charge in [-0.05, 0) is 73.7 Å². The fraction of sp³-hybridized carbons (Fsp3) is 0.421. The molecule has 2 heterocycles. The molecule has 0 bridgehead atoms. The quantitative estimate of drug-likeness (QED) is 0.943. The van der Waals surface area contributed by atoms with Crippen molar-refractivity contribution in [3.8, 4) is 5.75 Å². The first-order chi connectivity index (χ1) is 11.2. The zero-order valence-electron chi connectivity index (χ0n) is 13.8. The first-order valence-corrected chi connectivity index (χ1v) is 8.20. The molecule has 4 heteroatoms. The lowest BCUT2D eigenvalue weighted by atomic mass is 9.90. The van der Waals surface area contributed by atoms with Crippen molar-refractivity contribution in [2.75, 3.05) is 20.2 Å². The van der Waals surface area contributed by atoms with Crippen LogP contribution in [0.1, 0.15) is 35.4 Å². The Hall–Kier alpha value is -2.07. The summed E-state index contributed by atoms with van der Waals surface area (Å²) >= 11 is 0. The molecule has 2 aromatic rings. The van der Waals surface area contributed by atoms with Crippen molar-refractivity contribution in [1.29, 1.82) is 0 Å². The van der Waals surface area contributed by atoms with Gasteiger partial charge in [0.05, 0.1) is 7.11 Å². The van der Waals surface area contributed by atoms with Crippen LogP contribution in [0, 0.1) is 6.92 Å². The van der Waals surface area contributed by atoms with Gasteiger partial charge in [0.1, 0.15) is 5.75 Å². The maximum atomic E-state index is 11.5. The minimum atomic E-state index is -0.00112. The Bertz CT molecular complexity index is 715. The minimum absolute atomic E-state index is 0.00112. The summed E-state index contributed by atoms with van der Waals surface area (Å²) in [7, 11) is 1.70. The van der Waals surface area contributed by atoms with E-state index in [1.807, 2.05) is 12.1 Å². The van der Waals surface area contributed by atoms with Gasteiger partial charge in [0.25, 0.3) is 0 Å². The van der Waals surface area contributed by atoms with Crippen LogP contribution in [-0.4, -0.2) is 30.1 Å². The molecule has 4 nitrogen and oxygen atoms in total. The number of ether oxygens (including phenoxy) is 1. The molecule has 1 saturated heterocycles. The Morgan fingerprint density at radius 3 is 2.65 bits per heavy atom. The van der Waals surface area contributed by atoms with Gasteiger partial charge in [-0.2, -0.15) is 0 Å². The molecule has 0 saturated carbocycles. The number of H-pyrrole nitrogens is 1. The number of pyridine rings is 1. The predicted octanol–water partition coefficient (Wildman–Crippen LogP) is 3.07. The number of nitrogens with one attached hydrogen (secondary N) is 1. The van der Waals surface area contributed by atoms with Gasteiger partial charge in [-0.15, -0.1) is 0 Å². The van der Waals surface area contributed by atoms with Crippen molar-refractivity contribution >= 4 is 0 Å². The van der Waals surface area contributed by atoms with Gasteiger partial charge in [0.15, 0.2) is 0 Å². The highest BCUT2D eigenvalue weighted by atomic mass is 16.5. The number of nitrogens with zero attached hydrogens (tertiary/aromatic N) is 1. The van der Waals surface area contributed by atoms with Gasteiger partial charge in [0, 0.05) is 18.8 Å². The van der Waals surface area contributed by atoms with Gasteiger partial charge >= 0.3 is 0 Å². The van der Waals surface area contributed by atoms with Crippen LogP contribution in [0.25, 0.3) is 0 Å². The zero-order valence-corrected chi connectivity index (χ0v) is 13.8. The minimum Gasteiger partial charge on any atom is -0.497 e. The molecule has 0 aliphatic carbocycles. The number of aromatic nitrogens is 1. The molecule has 1 aromatic heterocycles. The van der Waals surface area contributed by atoms with Crippen molar-refractivity contribution in [2.45, 2.75) is 32.2 Å². The standard InChI is InChI=1S/C19H24N2O2/c1-14-11-18(23-2)4-3-17(14)13-21-9-6-15(7-10-21)16-5-8-20-19(22)12-16/h3-5,8,11-12,15H,6-7,9-10,13H2,1-2H3,(H,20,22). The molecule has 3 rings (SSSR count). The Balaban J connectivity index is 1.60. The number of piperidine rings is 1. The van der Waals surface area contributed by atoms with Crippen molar-refractivity contribution in [3.63, 3.8) is 0 Å². The van der Waals surface area contributed by atoms with Crippen molar-refractivity contribution in [3.05, 3.63) is 63.6 Å². The average Bonchev–Trinajstić information content (AvgIpc) is 2.57. The van der Waals surface area contributed by atoms with Crippen LogP contribution in [0.2, 0.25) is 0 Å². The lowest BCUT2D eigenvalue weighted by Crippen LogP contribution is -2.32. The number of hydrogen-bond acceptors (Lipinski definition) is 3. The van der Waals surface area contributed by atoms with Crippen LogP contribution in [0.3, 0.4) is 0 Å². The van der Waals surface area contributed by atoms with E-state index in [2.05, 4.69) is 28.9 Å². The normalized spacial score (nSPS) is 16.4. The van der Waals surface area contributed by atoms with E-state index in [9.17, 15) is 4.79 Å². The van der Waals surface area contributed by atoms with Crippen LogP contribution in [-0.2, 0) is 6.54 Å². The lowest BCUT2D eigenvalue weighted by molar-refractivity contribution is 0.204. The Morgan fingerprint density at radius 1 is 1.22 bits per heavy atom. The van der Waals surface area contributed by atoms with E-state index in [0.29, 0.717) is 5.92 Å². The Kier molecular flexibility index (Phi) is 4.82. The van der Waals surface area contributed by atoms with Crippen molar-refractivity contribution in [1.82, 2.24) is 9.88 Å². The molecule has 1 aromatic carbocycles. The van der Waals surface area contributed by atoms with Crippen molar-refractivity contribution < 1.29 is 4.74 Å². The third-order valence-electron chi connectivity index (χ3n) is 4.80. The summed E-state index contributed by atoms with van der Waals surface area (Å²) < 4.78 is 5.27. The number of likely N-dealkylation sites (tertiary alicyclic amines) is 1. The molecule has 0 spiro atoms. The summed E-state index contributed by atoms with van der Waals surface area (Å²) in [6.45, 7) is 5.27. The van der Waals surface area contributed by atoms with E-state index in [-0.39, 0.29) is 5.56 Å². The van der Waals surface area contributed by atoms with Gasteiger partial charge in [-0.3, -0.25) is 9.69 Å². The molecule has 1 fully saturated rings. The van der Waals surface area contributed by atoms with E-state index in [0.717, 1.165) is 38.2 Å². The lowest BCUT2D eigenvalue weighted by Gasteiger charge is -2.32. The molecule has 1 aliphatic heterocycles. The summed E-state index contributed by atoms with van der Waals surface area (Å²) in [5.41, 5.74) is 3.81. The van der Waals surface area contributed by atoms with E-state index in [4.69, 9.17) is 4.74 Å². The van der Waals surface area contributed by atoms with Crippen molar-refractivity contribution in [2.24, 2.45) is 0 Å². The fourth-order valence-corrected chi connectivity index (χ4v) is 3.35. The number of methoxy groups -OCH3 is 1. The van der Waals surface area contributed by atoms with Crippen LogP contribution in [0.5, 0.6) is 5.75 Å². The molecule has 1 N–H and O–H groups in total. The fourth-order valence-electron chi connectivity index (χ4n) is 3.35. The molecular weight excluding hydrogens is 288 g/mol. The summed E-state index contributed by atoms with van der Waals surface area (Å²) in [6, 6.07) is 10.1. The summed E-state index contributed by atoms with van der Waals surface area (Å²) in [6.07, 6.45) is 3.97. The highest BCUT2D eigenvalue weighted by Crippen LogP contribution is 2.28.